The number of hydrogen-bond donors (Lipinski definition) is 0. The molecule has 10 nitrogen and oxygen atoms in total. The molecule has 1 heterocycles. The maximum atomic E-state index is 12.2. The van der Waals surface area contributed by atoms with E-state index in [2.05, 4.69) is 0 Å². The Balaban J connectivity index is 2.35. The summed E-state index contributed by atoms with van der Waals surface area (Å²) in [6, 6.07) is 2.72. The maximum absolute atomic E-state index is 12.2. The summed E-state index contributed by atoms with van der Waals surface area (Å²) in [6.45, 7) is 0. The first-order valence-corrected chi connectivity index (χ1v) is 6.43. The van der Waals surface area contributed by atoms with Crippen molar-refractivity contribution in [2.75, 3.05) is 0 Å². The Bertz CT molecular complexity index is 901. The number of nitro groups is 3. The Kier molecular flexibility index (Phi) is 2.75. The first kappa shape index (κ1) is 13.8. The summed E-state index contributed by atoms with van der Waals surface area (Å²) in [4.78, 5) is 42.6. The molecular formula is C11H3N3O7S. The quantitative estimate of drug-likeness (QED) is 0.532. The van der Waals surface area contributed by atoms with E-state index in [1.807, 2.05) is 0 Å². The molecule has 0 aliphatic heterocycles. The van der Waals surface area contributed by atoms with Gasteiger partial charge in [-0.2, -0.15) is 0 Å². The van der Waals surface area contributed by atoms with E-state index in [4.69, 9.17) is 0 Å². The highest BCUT2D eigenvalue weighted by molar-refractivity contribution is 7.19. The molecule has 0 atom stereocenters. The zero-order chi connectivity index (χ0) is 16.2. The second kappa shape index (κ2) is 4.39. The van der Waals surface area contributed by atoms with Gasteiger partial charge in [-0.25, -0.2) is 0 Å². The second-order valence-electron chi connectivity index (χ2n) is 4.32. The smallest absolute Gasteiger partial charge is 0.289 e. The largest absolute Gasteiger partial charge is 0.325 e. The molecule has 0 fully saturated rings. The SMILES string of the molecule is O=C1c2cc([N+](=O)[O-])sc2-c2c1cc([N+](=O)[O-])cc2[N+](=O)[O-]. The van der Waals surface area contributed by atoms with Crippen LogP contribution in [0.25, 0.3) is 10.4 Å². The van der Waals surface area contributed by atoms with Crippen molar-refractivity contribution in [1.29, 1.82) is 0 Å². The molecule has 3 rings (SSSR count). The van der Waals surface area contributed by atoms with Gasteiger partial charge in [0.2, 0.25) is 0 Å². The van der Waals surface area contributed by atoms with Crippen molar-refractivity contribution in [1.82, 2.24) is 0 Å². The molecule has 11 heteroatoms. The molecule has 1 aromatic heterocycles. The summed E-state index contributed by atoms with van der Waals surface area (Å²) in [5.74, 6) is -0.693. The van der Waals surface area contributed by atoms with Crippen molar-refractivity contribution < 1.29 is 19.6 Å². The summed E-state index contributed by atoms with van der Waals surface area (Å²) >= 11 is 0.628. The van der Waals surface area contributed by atoms with Gasteiger partial charge in [-0.1, -0.05) is 11.3 Å². The van der Waals surface area contributed by atoms with Crippen LogP contribution in [0.4, 0.5) is 16.4 Å². The minimum Gasteiger partial charge on any atom is -0.289 e. The van der Waals surface area contributed by atoms with Gasteiger partial charge in [-0.3, -0.25) is 35.1 Å². The van der Waals surface area contributed by atoms with Crippen molar-refractivity contribution in [2.24, 2.45) is 0 Å². The molecule has 0 saturated carbocycles. The number of non-ortho nitro benzene ring substituents is 1. The summed E-state index contributed by atoms with van der Waals surface area (Å²) in [7, 11) is 0. The highest BCUT2D eigenvalue weighted by Gasteiger charge is 2.39. The third-order valence-corrected chi connectivity index (χ3v) is 4.23. The van der Waals surface area contributed by atoms with Gasteiger partial charge in [-0.05, 0) is 0 Å². The summed E-state index contributed by atoms with van der Waals surface area (Å²) in [5.41, 5.74) is -1.53. The molecule has 0 radical (unpaired) electrons. The van der Waals surface area contributed by atoms with Crippen molar-refractivity contribution >= 4 is 33.5 Å². The molecular weight excluding hydrogens is 318 g/mol. The van der Waals surface area contributed by atoms with Gasteiger partial charge in [-0.15, -0.1) is 0 Å². The van der Waals surface area contributed by atoms with E-state index < -0.39 is 31.9 Å². The predicted molar refractivity (Wildman–Crippen MR) is 73.2 cm³/mol. The number of carbonyl (C=O) groups is 1. The number of fused-ring (bicyclic) bond motifs is 3. The fourth-order valence-electron chi connectivity index (χ4n) is 2.25. The lowest BCUT2D eigenvalue weighted by Crippen LogP contribution is -2.00. The van der Waals surface area contributed by atoms with Crippen LogP contribution in [-0.4, -0.2) is 20.6 Å². The average molecular weight is 321 g/mol. The monoisotopic (exact) mass is 321 g/mol. The molecule has 1 aromatic carbocycles. The van der Waals surface area contributed by atoms with Gasteiger partial charge in [0.1, 0.15) is 0 Å². The van der Waals surface area contributed by atoms with Gasteiger partial charge in [0.25, 0.3) is 11.4 Å². The minimum absolute atomic E-state index is 0.0460. The zero-order valence-corrected chi connectivity index (χ0v) is 11.2. The molecule has 1 aliphatic carbocycles. The van der Waals surface area contributed by atoms with Gasteiger partial charge in [0, 0.05) is 23.3 Å². The van der Waals surface area contributed by atoms with E-state index in [0.717, 1.165) is 18.2 Å². The number of ketones is 1. The summed E-state index contributed by atoms with van der Waals surface area (Å²) in [5, 5.41) is 32.4. The first-order chi connectivity index (χ1) is 10.3. The van der Waals surface area contributed by atoms with Crippen molar-refractivity contribution in [3.63, 3.8) is 0 Å². The lowest BCUT2D eigenvalue weighted by molar-refractivity contribution is -0.393. The topological polar surface area (TPSA) is 146 Å². The third kappa shape index (κ3) is 1.76. The van der Waals surface area contributed by atoms with Crippen LogP contribution in [0.2, 0.25) is 0 Å². The van der Waals surface area contributed by atoms with Gasteiger partial charge in [0.05, 0.1) is 31.3 Å². The number of rotatable bonds is 3. The van der Waals surface area contributed by atoms with Gasteiger partial charge in [0.15, 0.2) is 5.78 Å². The molecule has 2 aromatic rings. The Morgan fingerprint density at radius 2 is 1.55 bits per heavy atom. The van der Waals surface area contributed by atoms with Crippen molar-refractivity contribution in [3.8, 4) is 10.4 Å². The van der Waals surface area contributed by atoms with Gasteiger partial charge < -0.3 is 0 Å². The fraction of sp³-hybridized carbons (Fsp3) is 0. The number of nitrogens with zero attached hydrogens (tertiary/aromatic N) is 3. The molecule has 22 heavy (non-hydrogen) atoms. The molecule has 110 valence electrons. The number of benzene rings is 1. The van der Waals surface area contributed by atoms with Crippen LogP contribution in [0.15, 0.2) is 18.2 Å². The molecule has 1 aliphatic rings. The van der Waals surface area contributed by atoms with E-state index in [1.165, 1.54) is 0 Å². The molecule has 0 bridgehead atoms. The Hall–Kier alpha value is -3.21. The zero-order valence-electron chi connectivity index (χ0n) is 10.3. The second-order valence-corrected chi connectivity index (χ2v) is 5.35. The van der Waals surface area contributed by atoms with Crippen molar-refractivity contribution in [3.05, 3.63) is 59.7 Å². The van der Waals surface area contributed by atoms with Crippen LogP contribution in [0.3, 0.4) is 0 Å². The lowest BCUT2D eigenvalue weighted by atomic mass is 10.1. The van der Waals surface area contributed by atoms with Crippen LogP contribution in [0, 0.1) is 30.3 Å². The normalized spacial score (nSPS) is 11.9. The summed E-state index contributed by atoms with van der Waals surface area (Å²) < 4.78 is 0. The third-order valence-electron chi connectivity index (χ3n) is 3.13. The predicted octanol–water partition coefficient (Wildman–Crippen LogP) is 2.68. The molecule has 0 N–H and O–H groups in total. The fourth-order valence-corrected chi connectivity index (χ4v) is 3.29. The lowest BCUT2D eigenvalue weighted by Gasteiger charge is -2.00. The van der Waals surface area contributed by atoms with Crippen LogP contribution in [0.1, 0.15) is 15.9 Å². The Morgan fingerprint density at radius 1 is 0.864 bits per heavy atom. The van der Waals surface area contributed by atoms with Crippen LogP contribution in [-0.2, 0) is 0 Å². The minimum atomic E-state index is -0.847. The number of nitro benzene ring substituents is 2. The maximum Gasteiger partial charge on any atom is 0.325 e. The number of hydrogen-bond acceptors (Lipinski definition) is 8. The van der Waals surface area contributed by atoms with E-state index in [-0.39, 0.29) is 26.6 Å². The molecule has 0 amide bonds. The van der Waals surface area contributed by atoms with E-state index in [9.17, 15) is 35.1 Å². The Morgan fingerprint density at radius 3 is 2.09 bits per heavy atom. The van der Waals surface area contributed by atoms with Crippen LogP contribution >= 0.6 is 11.3 Å². The average Bonchev–Trinajstić information content (AvgIpc) is 2.98. The van der Waals surface area contributed by atoms with Crippen molar-refractivity contribution in [2.45, 2.75) is 0 Å². The van der Waals surface area contributed by atoms with E-state index in [1.54, 1.807) is 0 Å². The Labute approximate surface area is 124 Å². The first-order valence-electron chi connectivity index (χ1n) is 5.61. The van der Waals surface area contributed by atoms with E-state index in [0.29, 0.717) is 11.3 Å². The van der Waals surface area contributed by atoms with Crippen LogP contribution < -0.4 is 0 Å². The highest BCUT2D eigenvalue weighted by Crippen LogP contribution is 2.49. The van der Waals surface area contributed by atoms with E-state index >= 15 is 0 Å². The standard InChI is InChI=1S/C11H3N3O7S/c15-10-5-1-4(12(16)17)2-7(13(18)19)9(5)11-6(10)3-8(22-11)14(20)21/h1-3H. The molecule has 0 spiro atoms. The van der Waals surface area contributed by atoms with Gasteiger partial charge >= 0.3 is 5.00 Å². The number of carbonyl (C=O) groups excluding carboxylic acids is 1. The number of thiophene rings is 1. The molecule has 0 unspecified atom stereocenters. The molecule has 0 saturated heterocycles. The highest BCUT2D eigenvalue weighted by atomic mass is 32.1. The summed E-state index contributed by atoms with van der Waals surface area (Å²) in [6.07, 6.45) is 0. The van der Waals surface area contributed by atoms with Crippen LogP contribution in [0.5, 0.6) is 0 Å².